The van der Waals surface area contributed by atoms with Crippen LogP contribution in [0.5, 0.6) is 0 Å². The molecule has 184 valence electrons. The van der Waals surface area contributed by atoms with E-state index in [0.29, 0.717) is 18.4 Å². The molecular weight excluding hydrogens is 464 g/mol. The molecule has 0 aliphatic carbocycles. The lowest BCUT2D eigenvalue weighted by Crippen LogP contribution is -2.45. The van der Waals surface area contributed by atoms with Crippen LogP contribution in [0.2, 0.25) is 0 Å². The highest BCUT2D eigenvalue weighted by atomic mass is 32.2. The molecule has 34 heavy (non-hydrogen) atoms. The van der Waals surface area contributed by atoms with Crippen LogP contribution in [-0.4, -0.2) is 45.1 Å². The van der Waals surface area contributed by atoms with E-state index in [4.69, 9.17) is 9.47 Å². The highest BCUT2D eigenvalue weighted by Crippen LogP contribution is 2.41. The quantitative estimate of drug-likeness (QED) is 0.583. The zero-order valence-corrected chi connectivity index (χ0v) is 20.1. The van der Waals surface area contributed by atoms with E-state index in [2.05, 4.69) is 0 Å². The Morgan fingerprint density at radius 1 is 1.12 bits per heavy atom. The summed E-state index contributed by atoms with van der Waals surface area (Å²) in [6.45, 7) is 1.94. The number of rotatable bonds is 5. The van der Waals surface area contributed by atoms with Crippen molar-refractivity contribution >= 4 is 16.0 Å². The molecule has 0 bridgehead atoms. The average molecular weight is 494 g/mol. The number of hydrogen-bond donors (Lipinski definition) is 0. The summed E-state index contributed by atoms with van der Waals surface area (Å²) in [4.78, 5) is 12.6. The Bertz CT molecular complexity index is 1150. The first kappa shape index (κ1) is 24.8. The molecule has 0 unspecified atom stereocenters. The number of halogens is 2. The second-order valence-corrected chi connectivity index (χ2v) is 11.1. The maximum absolute atomic E-state index is 15.4. The standard InChI is InChI=1S/C25H29F2NO5S/c1-17-8-9-23(18-6-4-3-5-7-18)34(30,31)28(17)16-19-14-22(27)20(15-21(19)26)25(24(29)32-2)10-12-33-13-11-25/h3-7,14-15,17,23H,8-13,16H2,1-2H3/t17-,23-/m0/s1. The zero-order chi connectivity index (χ0) is 24.5. The molecule has 4 rings (SSSR count). The summed E-state index contributed by atoms with van der Waals surface area (Å²) in [5.74, 6) is -2.15. The maximum atomic E-state index is 15.4. The molecule has 0 spiro atoms. The first-order valence-corrected chi connectivity index (χ1v) is 12.9. The molecule has 2 fully saturated rings. The van der Waals surface area contributed by atoms with Crippen molar-refractivity contribution < 1.29 is 31.5 Å². The van der Waals surface area contributed by atoms with Crippen molar-refractivity contribution in [1.82, 2.24) is 4.31 Å². The summed E-state index contributed by atoms with van der Waals surface area (Å²) in [7, 11) is -2.58. The Hall–Kier alpha value is -2.36. The van der Waals surface area contributed by atoms with E-state index in [0.717, 1.165) is 12.1 Å². The van der Waals surface area contributed by atoms with Crippen LogP contribution in [0, 0.1) is 11.6 Å². The van der Waals surface area contributed by atoms with Crippen molar-refractivity contribution in [1.29, 1.82) is 0 Å². The number of ether oxygens (including phenoxy) is 2. The molecule has 0 amide bonds. The van der Waals surface area contributed by atoms with Gasteiger partial charge in [0.2, 0.25) is 10.0 Å². The van der Waals surface area contributed by atoms with Crippen molar-refractivity contribution in [2.24, 2.45) is 0 Å². The molecule has 2 saturated heterocycles. The van der Waals surface area contributed by atoms with Crippen LogP contribution in [0.15, 0.2) is 42.5 Å². The summed E-state index contributed by atoms with van der Waals surface area (Å²) in [6, 6.07) is 10.6. The van der Waals surface area contributed by atoms with Gasteiger partial charge in [-0.05, 0) is 50.3 Å². The number of sulfonamides is 1. The third-order valence-electron chi connectivity index (χ3n) is 7.10. The third-order valence-corrected chi connectivity index (χ3v) is 9.47. The fourth-order valence-corrected chi connectivity index (χ4v) is 7.28. The SMILES string of the molecule is COC(=O)C1(c2cc(F)c(CN3[C@@H](C)CC[C@@H](c4ccccc4)S3(=O)=O)cc2F)CCOCC1. The van der Waals surface area contributed by atoms with E-state index in [-0.39, 0.29) is 49.8 Å². The largest absolute Gasteiger partial charge is 0.468 e. The van der Waals surface area contributed by atoms with Gasteiger partial charge in [-0.25, -0.2) is 17.2 Å². The zero-order valence-electron chi connectivity index (χ0n) is 19.3. The van der Waals surface area contributed by atoms with Crippen LogP contribution in [0.25, 0.3) is 0 Å². The van der Waals surface area contributed by atoms with Crippen LogP contribution in [0.3, 0.4) is 0 Å². The summed E-state index contributed by atoms with van der Waals surface area (Å²) >= 11 is 0. The molecule has 0 radical (unpaired) electrons. The number of hydrogen-bond acceptors (Lipinski definition) is 5. The topological polar surface area (TPSA) is 72.9 Å². The normalized spacial score (nSPS) is 24.5. The smallest absolute Gasteiger partial charge is 0.316 e. The molecule has 2 atom stereocenters. The summed E-state index contributed by atoms with van der Waals surface area (Å²) in [5.41, 5.74) is -0.807. The van der Waals surface area contributed by atoms with Gasteiger partial charge in [-0.1, -0.05) is 30.3 Å². The third kappa shape index (κ3) is 4.36. The van der Waals surface area contributed by atoms with E-state index in [9.17, 15) is 13.2 Å². The predicted molar refractivity (Wildman–Crippen MR) is 122 cm³/mol. The number of benzene rings is 2. The second kappa shape index (κ2) is 9.71. The van der Waals surface area contributed by atoms with E-state index in [1.165, 1.54) is 11.4 Å². The number of carbonyl (C=O) groups is 1. The first-order chi connectivity index (χ1) is 16.2. The predicted octanol–water partition coefficient (Wildman–Crippen LogP) is 4.24. The Kier molecular flexibility index (Phi) is 7.07. The van der Waals surface area contributed by atoms with Crippen LogP contribution in [-0.2, 0) is 36.3 Å². The summed E-state index contributed by atoms with van der Waals surface area (Å²) < 4.78 is 69.1. The number of esters is 1. The van der Waals surface area contributed by atoms with Gasteiger partial charge in [-0.15, -0.1) is 0 Å². The lowest BCUT2D eigenvalue weighted by molar-refractivity contribution is -0.151. The molecule has 9 heteroatoms. The first-order valence-electron chi connectivity index (χ1n) is 11.4. The maximum Gasteiger partial charge on any atom is 0.316 e. The summed E-state index contributed by atoms with van der Waals surface area (Å²) in [5, 5.41) is -0.734. The van der Waals surface area contributed by atoms with Crippen LogP contribution in [0.4, 0.5) is 8.78 Å². The van der Waals surface area contributed by atoms with Crippen LogP contribution < -0.4 is 0 Å². The lowest BCUT2D eigenvalue weighted by Gasteiger charge is -2.38. The fraction of sp³-hybridized carbons (Fsp3) is 0.480. The van der Waals surface area contributed by atoms with Gasteiger partial charge in [-0.2, -0.15) is 4.31 Å². The molecule has 2 aliphatic rings. The van der Waals surface area contributed by atoms with Crippen molar-refractivity contribution in [3.05, 3.63) is 70.8 Å². The van der Waals surface area contributed by atoms with Gasteiger partial charge in [0, 0.05) is 36.9 Å². The van der Waals surface area contributed by atoms with Gasteiger partial charge in [0.1, 0.15) is 22.3 Å². The van der Waals surface area contributed by atoms with E-state index in [1.807, 2.05) is 6.07 Å². The van der Waals surface area contributed by atoms with Crippen molar-refractivity contribution in [2.75, 3.05) is 20.3 Å². The summed E-state index contributed by atoms with van der Waals surface area (Å²) in [6.07, 6.45) is 1.41. The minimum absolute atomic E-state index is 0.0718. The van der Waals surface area contributed by atoms with Crippen LogP contribution in [0.1, 0.15) is 54.5 Å². The highest BCUT2D eigenvalue weighted by molar-refractivity contribution is 7.89. The molecule has 2 heterocycles. The van der Waals surface area contributed by atoms with Gasteiger partial charge in [-0.3, -0.25) is 4.79 Å². The number of carbonyl (C=O) groups excluding carboxylic acids is 1. The number of nitrogens with zero attached hydrogens (tertiary/aromatic N) is 1. The molecule has 2 aliphatic heterocycles. The minimum Gasteiger partial charge on any atom is -0.468 e. The van der Waals surface area contributed by atoms with E-state index >= 15 is 8.78 Å². The van der Waals surface area contributed by atoms with E-state index in [1.54, 1.807) is 31.2 Å². The van der Waals surface area contributed by atoms with Gasteiger partial charge in [0.25, 0.3) is 0 Å². The molecule has 2 aromatic carbocycles. The molecule has 0 aromatic heterocycles. The van der Waals surface area contributed by atoms with Gasteiger partial charge in [0.15, 0.2) is 0 Å². The van der Waals surface area contributed by atoms with Crippen molar-refractivity contribution in [3.63, 3.8) is 0 Å². The molecule has 2 aromatic rings. The van der Waals surface area contributed by atoms with Gasteiger partial charge >= 0.3 is 5.97 Å². The van der Waals surface area contributed by atoms with Crippen molar-refractivity contribution in [3.8, 4) is 0 Å². The Morgan fingerprint density at radius 3 is 2.44 bits per heavy atom. The lowest BCUT2D eigenvalue weighted by atomic mass is 9.73. The molecule has 6 nitrogen and oxygen atoms in total. The Morgan fingerprint density at radius 2 is 1.79 bits per heavy atom. The fourth-order valence-electron chi connectivity index (χ4n) is 5.09. The monoisotopic (exact) mass is 493 g/mol. The second-order valence-electron chi connectivity index (χ2n) is 9.03. The highest BCUT2D eigenvalue weighted by Gasteiger charge is 2.46. The van der Waals surface area contributed by atoms with E-state index < -0.39 is 38.3 Å². The average Bonchev–Trinajstić information content (AvgIpc) is 2.83. The number of methoxy groups -OCH3 is 1. The van der Waals surface area contributed by atoms with Crippen molar-refractivity contribution in [2.45, 2.75) is 55.9 Å². The van der Waals surface area contributed by atoms with Gasteiger partial charge in [0.05, 0.1) is 7.11 Å². The van der Waals surface area contributed by atoms with Gasteiger partial charge < -0.3 is 9.47 Å². The van der Waals surface area contributed by atoms with Crippen LogP contribution >= 0.6 is 0 Å². The molecule has 0 N–H and O–H groups in total. The Labute approximate surface area is 198 Å². The molecule has 0 saturated carbocycles. The minimum atomic E-state index is -3.80. The Balaban J connectivity index is 1.68. The molecular formula is C25H29F2NO5S.